The van der Waals surface area contributed by atoms with Gasteiger partial charge in [0.25, 0.3) is 5.91 Å². The normalized spacial score (nSPS) is 14.1. The maximum atomic E-state index is 13.2. The number of carbonyl (C=O) groups excluding carboxylic acids is 2. The van der Waals surface area contributed by atoms with E-state index in [0.29, 0.717) is 35.7 Å². The first-order valence-corrected chi connectivity index (χ1v) is 15.5. The fourth-order valence-electron chi connectivity index (χ4n) is 5.19. The van der Waals surface area contributed by atoms with Crippen LogP contribution in [0.15, 0.2) is 60.8 Å². The number of carbonyl (C=O) groups is 2. The second kappa shape index (κ2) is 14.1. The molecule has 238 valence electrons. The van der Waals surface area contributed by atoms with Gasteiger partial charge in [0.15, 0.2) is 0 Å². The molecule has 4 aromatic rings. The zero-order valence-corrected chi connectivity index (χ0v) is 26.9. The number of anilines is 2. The minimum atomic E-state index is -0.496. The van der Waals surface area contributed by atoms with Crippen LogP contribution in [0.3, 0.4) is 0 Å². The molecule has 1 fully saturated rings. The van der Waals surface area contributed by atoms with Crippen molar-refractivity contribution in [2.45, 2.75) is 39.3 Å². The third-order valence-corrected chi connectivity index (χ3v) is 7.53. The van der Waals surface area contributed by atoms with Crippen molar-refractivity contribution in [3.05, 3.63) is 71.9 Å². The second-order valence-corrected chi connectivity index (χ2v) is 12.7. The smallest absolute Gasteiger partial charge is 0.410 e. The Bertz CT molecular complexity index is 1600. The summed E-state index contributed by atoms with van der Waals surface area (Å²) >= 11 is 0. The molecule has 2 amide bonds. The Morgan fingerprint density at radius 3 is 2.49 bits per heavy atom. The molecule has 1 aliphatic heterocycles. The van der Waals surface area contributed by atoms with Crippen LogP contribution in [-0.4, -0.2) is 101 Å². The Morgan fingerprint density at radius 2 is 1.78 bits per heavy atom. The minimum absolute atomic E-state index is 0.197. The van der Waals surface area contributed by atoms with Gasteiger partial charge in [-0.05, 0) is 89.8 Å². The first-order chi connectivity index (χ1) is 21.5. The van der Waals surface area contributed by atoms with E-state index in [1.54, 1.807) is 11.1 Å². The molecule has 1 aliphatic rings. The standard InChI is InChI=1S/C34H44N8O3/c1-34(2,3)45-33(44)42-20-18-41(19-21-42)23-24-10-12-25(13-11-24)32(43)38-28-9-6-8-27-30(28)39-31(37-27)26-14-16-36-29(22-26)35-15-7-17-40(4)5/h6,8-14,16,22H,7,15,17-21,23H2,1-5H3,(H,35,36)(H,37,39)(H,38,43). The van der Waals surface area contributed by atoms with E-state index in [1.807, 2.05) is 75.4 Å². The molecule has 0 saturated carbocycles. The van der Waals surface area contributed by atoms with E-state index in [1.165, 1.54) is 0 Å². The van der Waals surface area contributed by atoms with E-state index in [2.05, 4.69) is 44.5 Å². The van der Waals surface area contributed by atoms with Crippen molar-refractivity contribution in [1.82, 2.24) is 29.7 Å². The highest BCUT2D eigenvalue weighted by molar-refractivity contribution is 6.08. The second-order valence-electron chi connectivity index (χ2n) is 12.7. The molecular formula is C34H44N8O3. The molecule has 5 rings (SSSR count). The summed E-state index contributed by atoms with van der Waals surface area (Å²) in [7, 11) is 4.13. The predicted octanol–water partition coefficient (Wildman–Crippen LogP) is 5.29. The van der Waals surface area contributed by atoms with E-state index < -0.39 is 5.60 Å². The lowest BCUT2D eigenvalue weighted by Crippen LogP contribution is -2.49. The number of hydrogen-bond acceptors (Lipinski definition) is 8. The SMILES string of the molecule is CN(C)CCCNc1cc(-c2nc3c(NC(=O)c4ccc(CN5CCN(C(=O)OC(C)(C)C)CC5)cc4)cccc3[nH]2)ccn1. The summed E-state index contributed by atoms with van der Waals surface area (Å²) in [6.45, 7) is 11.0. The molecule has 2 aromatic heterocycles. The molecular weight excluding hydrogens is 568 g/mol. The lowest BCUT2D eigenvalue weighted by molar-refractivity contribution is 0.0139. The number of aromatic amines is 1. The van der Waals surface area contributed by atoms with Crippen molar-refractivity contribution in [1.29, 1.82) is 0 Å². The van der Waals surface area contributed by atoms with Gasteiger partial charge in [-0.2, -0.15) is 0 Å². The molecule has 3 heterocycles. The number of pyridine rings is 1. The zero-order chi connectivity index (χ0) is 32.0. The number of nitrogens with one attached hydrogen (secondary N) is 3. The summed E-state index contributed by atoms with van der Waals surface area (Å²) in [6, 6.07) is 17.3. The highest BCUT2D eigenvalue weighted by atomic mass is 16.6. The van der Waals surface area contributed by atoms with Crippen molar-refractivity contribution in [2.75, 3.05) is 64.0 Å². The van der Waals surface area contributed by atoms with Gasteiger partial charge in [-0.1, -0.05) is 18.2 Å². The number of benzene rings is 2. The Morgan fingerprint density at radius 1 is 1.02 bits per heavy atom. The highest BCUT2D eigenvalue weighted by Gasteiger charge is 2.26. The molecule has 0 spiro atoms. The molecule has 0 unspecified atom stereocenters. The number of ether oxygens (including phenoxy) is 1. The van der Waals surface area contributed by atoms with E-state index in [-0.39, 0.29) is 12.0 Å². The minimum Gasteiger partial charge on any atom is -0.444 e. The number of aromatic nitrogens is 3. The molecule has 0 aliphatic carbocycles. The highest BCUT2D eigenvalue weighted by Crippen LogP contribution is 2.27. The molecule has 3 N–H and O–H groups in total. The van der Waals surface area contributed by atoms with Crippen LogP contribution in [0.25, 0.3) is 22.4 Å². The Kier molecular flexibility index (Phi) is 9.99. The number of piperazine rings is 1. The monoisotopic (exact) mass is 612 g/mol. The lowest BCUT2D eigenvalue weighted by Gasteiger charge is -2.35. The summed E-state index contributed by atoms with van der Waals surface area (Å²) in [5, 5.41) is 6.42. The molecule has 1 saturated heterocycles. The number of nitrogens with zero attached hydrogens (tertiary/aromatic N) is 5. The Balaban J connectivity index is 1.18. The van der Waals surface area contributed by atoms with Gasteiger partial charge in [0.1, 0.15) is 22.8 Å². The summed E-state index contributed by atoms with van der Waals surface area (Å²) in [5.74, 6) is 1.31. The first-order valence-electron chi connectivity index (χ1n) is 15.5. The number of imidazole rings is 1. The van der Waals surface area contributed by atoms with Crippen molar-refractivity contribution in [2.24, 2.45) is 0 Å². The molecule has 0 bridgehead atoms. The van der Waals surface area contributed by atoms with Gasteiger partial charge < -0.3 is 30.2 Å². The predicted molar refractivity (Wildman–Crippen MR) is 178 cm³/mol. The van der Waals surface area contributed by atoms with E-state index in [4.69, 9.17) is 9.72 Å². The van der Waals surface area contributed by atoms with Gasteiger partial charge in [0.2, 0.25) is 0 Å². The summed E-state index contributed by atoms with van der Waals surface area (Å²) in [4.78, 5) is 44.5. The maximum Gasteiger partial charge on any atom is 0.410 e. The maximum absolute atomic E-state index is 13.2. The van der Waals surface area contributed by atoms with Crippen LogP contribution < -0.4 is 10.6 Å². The number of hydrogen-bond donors (Lipinski definition) is 3. The zero-order valence-electron chi connectivity index (χ0n) is 26.9. The van der Waals surface area contributed by atoms with Gasteiger partial charge in [0.05, 0.1) is 11.2 Å². The van der Waals surface area contributed by atoms with Crippen molar-refractivity contribution >= 4 is 34.5 Å². The summed E-state index contributed by atoms with van der Waals surface area (Å²) < 4.78 is 5.50. The van der Waals surface area contributed by atoms with Crippen LogP contribution in [0.4, 0.5) is 16.3 Å². The number of para-hydroxylation sites is 1. The Labute approximate surface area is 265 Å². The van der Waals surface area contributed by atoms with Crippen LogP contribution in [0.2, 0.25) is 0 Å². The number of H-pyrrole nitrogens is 1. The molecule has 11 nitrogen and oxygen atoms in total. The number of fused-ring (bicyclic) bond motifs is 1. The van der Waals surface area contributed by atoms with Crippen LogP contribution in [0.1, 0.15) is 43.1 Å². The molecule has 0 atom stereocenters. The van der Waals surface area contributed by atoms with Gasteiger partial charge >= 0.3 is 6.09 Å². The topological polar surface area (TPSA) is 119 Å². The fourth-order valence-corrected chi connectivity index (χ4v) is 5.19. The fraction of sp³-hybridized carbons (Fsp3) is 0.412. The quantitative estimate of drug-likeness (QED) is 0.207. The third kappa shape index (κ3) is 8.80. The van der Waals surface area contributed by atoms with Crippen molar-refractivity contribution in [3.63, 3.8) is 0 Å². The van der Waals surface area contributed by atoms with Crippen molar-refractivity contribution in [3.8, 4) is 11.4 Å². The molecule has 0 radical (unpaired) electrons. The summed E-state index contributed by atoms with van der Waals surface area (Å²) in [5.41, 5.74) is 4.27. The average Bonchev–Trinajstić information content (AvgIpc) is 3.45. The van der Waals surface area contributed by atoms with E-state index >= 15 is 0 Å². The van der Waals surface area contributed by atoms with Crippen LogP contribution >= 0.6 is 0 Å². The number of amides is 2. The lowest BCUT2D eigenvalue weighted by atomic mass is 10.1. The largest absolute Gasteiger partial charge is 0.444 e. The summed E-state index contributed by atoms with van der Waals surface area (Å²) in [6.07, 6.45) is 2.53. The Hall–Kier alpha value is -4.48. The van der Waals surface area contributed by atoms with Gasteiger partial charge in [-0.3, -0.25) is 9.69 Å². The van der Waals surface area contributed by atoms with E-state index in [9.17, 15) is 9.59 Å². The molecule has 11 heteroatoms. The van der Waals surface area contributed by atoms with Crippen LogP contribution in [-0.2, 0) is 11.3 Å². The first kappa shape index (κ1) is 31.9. The molecule has 45 heavy (non-hydrogen) atoms. The average molecular weight is 613 g/mol. The number of rotatable bonds is 10. The molecule has 2 aromatic carbocycles. The van der Waals surface area contributed by atoms with E-state index in [0.717, 1.165) is 61.6 Å². The van der Waals surface area contributed by atoms with Crippen LogP contribution in [0, 0.1) is 0 Å². The van der Waals surface area contributed by atoms with Gasteiger partial charge in [-0.15, -0.1) is 0 Å². The van der Waals surface area contributed by atoms with Gasteiger partial charge in [0, 0.05) is 56.6 Å². The third-order valence-electron chi connectivity index (χ3n) is 7.53. The van der Waals surface area contributed by atoms with Crippen molar-refractivity contribution < 1.29 is 14.3 Å². The van der Waals surface area contributed by atoms with Crippen LogP contribution in [0.5, 0.6) is 0 Å². The van der Waals surface area contributed by atoms with Gasteiger partial charge in [-0.25, -0.2) is 14.8 Å².